The van der Waals surface area contributed by atoms with Gasteiger partial charge < -0.3 is 14.9 Å². The van der Waals surface area contributed by atoms with Crippen LogP contribution < -0.4 is 4.90 Å². The van der Waals surface area contributed by atoms with Gasteiger partial charge in [0.25, 0.3) is 0 Å². The predicted octanol–water partition coefficient (Wildman–Crippen LogP) is 4.33. The molecule has 1 aliphatic carbocycles. The third kappa shape index (κ3) is 4.17. The first-order chi connectivity index (χ1) is 16.9. The maximum Gasteiger partial charge on any atom is 0.246 e. The molecule has 1 aliphatic heterocycles. The summed E-state index contributed by atoms with van der Waals surface area (Å²) >= 11 is 6.78. The summed E-state index contributed by atoms with van der Waals surface area (Å²) in [5.41, 5.74) is 2.57. The fourth-order valence-corrected chi connectivity index (χ4v) is 5.72. The van der Waals surface area contributed by atoms with Gasteiger partial charge in [-0.25, -0.2) is 14.4 Å². The van der Waals surface area contributed by atoms with Crippen molar-refractivity contribution in [3.8, 4) is 0 Å². The molecule has 1 unspecified atom stereocenters. The molecule has 6 nitrogen and oxygen atoms in total. The van der Waals surface area contributed by atoms with Crippen LogP contribution in [0.3, 0.4) is 0 Å². The van der Waals surface area contributed by atoms with Crippen LogP contribution in [-0.4, -0.2) is 58.2 Å². The van der Waals surface area contributed by atoms with Crippen molar-refractivity contribution in [1.82, 2.24) is 14.9 Å². The number of piperazine rings is 1. The van der Waals surface area contributed by atoms with E-state index in [-0.39, 0.29) is 23.3 Å². The van der Waals surface area contributed by atoms with Crippen LogP contribution in [0.2, 0.25) is 5.02 Å². The lowest BCUT2D eigenvalue weighted by Gasteiger charge is -2.37. The van der Waals surface area contributed by atoms with Gasteiger partial charge in [-0.3, -0.25) is 4.79 Å². The molecule has 2 aromatic carbocycles. The van der Waals surface area contributed by atoms with Gasteiger partial charge in [-0.05, 0) is 42.5 Å². The van der Waals surface area contributed by atoms with Gasteiger partial charge in [-0.2, -0.15) is 0 Å². The minimum absolute atomic E-state index is 0.0116. The van der Waals surface area contributed by atoms with Crippen molar-refractivity contribution < 1.29 is 14.3 Å². The quantitative estimate of drug-likeness (QED) is 0.549. The molecule has 0 spiro atoms. The normalized spacial score (nSPS) is 22.6. The molecule has 0 radical (unpaired) electrons. The molecule has 0 bridgehead atoms. The van der Waals surface area contributed by atoms with E-state index in [0.717, 1.165) is 11.1 Å². The van der Waals surface area contributed by atoms with Crippen LogP contribution in [0, 0.1) is 11.7 Å². The van der Waals surface area contributed by atoms with E-state index < -0.39 is 11.9 Å². The fraction of sp³-hybridized carbons (Fsp3) is 0.370. The standard InChI is InChI=1S/C27H28ClFN4O2/c1-3-6-22(35)32-9-11-33(12-10-32)27-19-14-20(28)24(25(29)26(19)30-15-31-27)23-16(2)21(34)13-17-7-4-5-8-18(17)23/h3-8,14-16,21,23,34H,9-13H2,1-2H3/b6-3+/t16-,21?,23-/m0/s1. The molecule has 1 amide bonds. The third-order valence-electron chi connectivity index (χ3n) is 7.30. The molecule has 1 fully saturated rings. The van der Waals surface area contributed by atoms with Crippen molar-refractivity contribution in [3.63, 3.8) is 0 Å². The number of carbonyl (C=O) groups is 1. The van der Waals surface area contributed by atoms with Crippen LogP contribution >= 0.6 is 11.6 Å². The molecule has 35 heavy (non-hydrogen) atoms. The number of aromatic nitrogens is 2. The van der Waals surface area contributed by atoms with Crippen LogP contribution in [-0.2, 0) is 11.2 Å². The molecule has 3 aromatic rings. The van der Waals surface area contributed by atoms with E-state index in [9.17, 15) is 9.90 Å². The number of hydrogen-bond acceptors (Lipinski definition) is 5. The van der Waals surface area contributed by atoms with Crippen molar-refractivity contribution in [3.05, 3.63) is 76.3 Å². The number of hydrogen-bond donors (Lipinski definition) is 1. The van der Waals surface area contributed by atoms with E-state index in [2.05, 4.69) is 9.97 Å². The Morgan fingerprint density at radius 1 is 1.20 bits per heavy atom. The zero-order valence-electron chi connectivity index (χ0n) is 19.8. The maximum atomic E-state index is 16.2. The topological polar surface area (TPSA) is 69.6 Å². The lowest BCUT2D eigenvalue weighted by Crippen LogP contribution is -2.48. The van der Waals surface area contributed by atoms with Crippen LogP contribution in [0.15, 0.2) is 48.8 Å². The average molecular weight is 495 g/mol. The van der Waals surface area contributed by atoms with Crippen molar-refractivity contribution in [2.24, 2.45) is 5.92 Å². The number of rotatable bonds is 3. The molecule has 3 atom stereocenters. The highest BCUT2D eigenvalue weighted by atomic mass is 35.5. The summed E-state index contributed by atoms with van der Waals surface area (Å²) in [6, 6.07) is 9.58. The first-order valence-electron chi connectivity index (χ1n) is 12.0. The number of benzene rings is 2. The summed E-state index contributed by atoms with van der Waals surface area (Å²) < 4.78 is 16.2. The largest absolute Gasteiger partial charge is 0.392 e. The molecule has 1 saturated heterocycles. The number of amides is 1. The van der Waals surface area contributed by atoms with Crippen molar-refractivity contribution in [2.45, 2.75) is 32.3 Å². The van der Waals surface area contributed by atoms with Crippen molar-refractivity contribution >= 4 is 34.2 Å². The average Bonchev–Trinajstić information content (AvgIpc) is 2.86. The number of anilines is 1. The Hall–Kier alpha value is -3.03. The second-order valence-corrected chi connectivity index (χ2v) is 9.71. The Morgan fingerprint density at radius 3 is 2.69 bits per heavy atom. The Morgan fingerprint density at radius 2 is 1.94 bits per heavy atom. The van der Waals surface area contributed by atoms with Crippen LogP contribution in [0.25, 0.3) is 10.9 Å². The number of carbonyl (C=O) groups excluding carboxylic acids is 1. The first kappa shape index (κ1) is 23.7. The molecular formula is C27H28ClFN4O2. The van der Waals surface area contributed by atoms with Gasteiger partial charge in [-0.1, -0.05) is 48.9 Å². The molecule has 5 rings (SSSR count). The van der Waals surface area contributed by atoms with Crippen molar-refractivity contribution in [2.75, 3.05) is 31.1 Å². The molecule has 182 valence electrons. The minimum atomic E-state index is -0.594. The van der Waals surface area contributed by atoms with Crippen molar-refractivity contribution in [1.29, 1.82) is 0 Å². The Balaban J connectivity index is 1.55. The maximum absolute atomic E-state index is 16.2. The van der Waals surface area contributed by atoms with E-state index in [4.69, 9.17) is 11.6 Å². The van der Waals surface area contributed by atoms with E-state index in [0.29, 0.717) is 54.4 Å². The predicted molar refractivity (Wildman–Crippen MR) is 135 cm³/mol. The van der Waals surface area contributed by atoms with Gasteiger partial charge in [0.1, 0.15) is 17.7 Å². The number of halogens is 2. The molecule has 2 heterocycles. The first-order valence-corrected chi connectivity index (χ1v) is 12.3. The van der Waals surface area contributed by atoms with E-state index in [1.807, 2.05) is 43.0 Å². The van der Waals surface area contributed by atoms with Crippen LogP contribution in [0.4, 0.5) is 10.2 Å². The summed E-state index contributed by atoms with van der Waals surface area (Å²) in [5.74, 6) is -0.469. The second-order valence-electron chi connectivity index (χ2n) is 9.30. The summed E-state index contributed by atoms with van der Waals surface area (Å²) in [6.07, 6.45) is 4.62. The summed E-state index contributed by atoms with van der Waals surface area (Å²) in [7, 11) is 0. The summed E-state index contributed by atoms with van der Waals surface area (Å²) in [6.45, 7) is 6.02. The fourth-order valence-electron chi connectivity index (χ4n) is 5.41. The number of aliphatic hydroxyl groups excluding tert-OH is 1. The van der Waals surface area contributed by atoms with Gasteiger partial charge in [0.15, 0.2) is 5.82 Å². The highest BCUT2D eigenvalue weighted by Crippen LogP contribution is 2.46. The molecular weight excluding hydrogens is 467 g/mol. The highest BCUT2D eigenvalue weighted by Gasteiger charge is 2.37. The van der Waals surface area contributed by atoms with E-state index in [1.54, 1.807) is 23.1 Å². The minimum Gasteiger partial charge on any atom is -0.392 e. The number of nitrogens with zero attached hydrogens (tertiary/aromatic N) is 4. The van der Waals surface area contributed by atoms with Crippen LogP contribution in [0.5, 0.6) is 0 Å². The highest BCUT2D eigenvalue weighted by molar-refractivity contribution is 6.32. The lowest BCUT2D eigenvalue weighted by atomic mass is 9.71. The van der Waals surface area contributed by atoms with Crippen LogP contribution in [0.1, 0.15) is 36.5 Å². The number of allylic oxidation sites excluding steroid dienone is 1. The Labute approximate surface area is 209 Å². The molecule has 1 N–H and O–H groups in total. The summed E-state index contributed by atoms with van der Waals surface area (Å²) in [5, 5.41) is 11.6. The van der Waals surface area contributed by atoms with Gasteiger partial charge in [-0.15, -0.1) is 0 Å². The second kappa shape index (κ2) is 9.55. The van der Waals surface area contributed by atoms with E-state index in [1.165, 1.54) is 6.33 Å². The number of aliphatic hydroxyl groups is 1. The monoisotopic (exact) mass is 494 g/mol. The van der Waals surface area contributed by atoms with Gasteiger partial charge in [0.05, 0.1) is 6.10 Å². The zero-order valence-corrected chi connectivity index (χ0v) is 20.5. The molecule has 2 aliphatic rings. The Kier molecular flexibility index (Phi) is 6.47. The summed E-state index contributed by atoms with van der Waals surface area (Å²) in [4.78, 5) is 24.8. The third-order valence-corrected chi connectivity index (χ3v) is 7.61. The van der Waals surface area contributed by atoms with Gasteiger partial charge in [0, 0.05) is 48.1 Å². The molecule has 8 heteroatoms. The van der Waals surface area contributed by atoms with Gasteiger partial charge in [0.2, 0.25) is 5.91 Å². The lowest BCUT2D eigenvalue weighted by molar-refractivity contribution is -0.126. The van der Waals surface area contributed by atoms with E-state index >= 15 is 4.39 Å². The SMILES string of the molecule is C/C=C/C(=O)N1CCN(c2ncnc3c(F)c([C@@H]4c5ccccc5CC(O)[C@@H]4C)c(Cl)cc23)CC1. The Bertz CT molecular complexity index is 1310. The number of fused-ring (bicyclic) bond motifs is 2. The van der Waals surface area contributed by atoms with Gasteiger partial charge >= 0.3 is 0 Å². The molecule has 1 aromatic heterocycles. The molecule has 0 saturated carbocycles. The smallest absolute Gasteiger partial charge is 0.246 e. The zero-order chi connectivity index (χ0) is 24.7.